The number of hydrogen-bond donors (Lipinski definition) is 3. The molecular formula is C21H27IN6O. The van der Waals surface area contributed by atoms with E-state index in [9.17, 15) is 0 Å². The number of halogens is 1. The summed E-state index contributed by atoms with van der Waals surface area (Å²) in [6.45, 7) is 6.70. The van der Waals surface area contributed by atoms with Crippen LogP contribution in [0.15, 0.2) is 59.9 Å². The van der Waals surface area contributed by atoms with Crippen molar-refractivity contribution in [2.24, 2.45) is 4.99 Å². The van der Waals surface area contributed by atoms with Crippen molar-refractivity contribution >= 4 is 29.9 Å². The molecule has 0 saturated heterocycles. The molecule has 0 aliphatic heterocycles. The van der Waals surface area contributed by atoms with E-state index in [0.29, 0.717) is 19.7 Å². The Labute approximate surface area is 188 Å². The number of aromatic nitrogens is 3. The monoisotopic (exact) mass is 506 g/mol. The Morgan fingerprint density at radius 2 is 1.97 bits per heavy atom. The number of nitrogens with one attached hydrogen (secondary N) is 3. The van der Waals surface area contributed by atoms with Crippen LogP contribution in [0.5, 0.6) is 5.75 Å². The van der Waals surface area contributed by atoms with Crippen LogP contribution in [0.25, 0.3) is 11.4 Å². The van der Waals surface area contributed by atoms with Crippen LogP contribution in [0.2, 0.25) is 0 Å². The minimum absolute atomic E-state index is 0. The van der Waals surface area contributed by atoms with Crippen molar-refractivity contribution < 1.29 is 4.74 Å². The van der Waals surface area contributed by atoms with Gasteiger partial charge in [-0.1, -0.05) is 35.9 Å². The zero-order valence-electron chi connectivity index (χ0n) is 16.7. The Bertz CT molecular complexity index is 880. The summed E-state index contributed by atoms with van der Waals surface area (Å²) in [6, 6.07) is 16.2. The fourth-order valence-electron chi connectivity index (χ4n) is 2.65. The molecule has 2 aromatic carbocycles. The molecule has 0 bridgehead atoms. The van der Waals surface area contributed by atoms with E-state index in [2.05, 4.69) is 43.8 Å². The predicted molar refractivity (Wildman–Crippen MR) is 127 cm³/mol. The molecular weight excluding hydrogens is 479 g/mol. The lowest BCUT2D eigenvalue weighted by Gasteiger charge is -2.12. The Kier molecular flexibility index (Phi) is 9.42. The standard InChI is InChI=1S/C21H26N6O.HI/c1-3-22-21(23-11-12-28-19-9-7-16(2)8-10-19)24-14-17-5-4-6-18(13-17)20-25-15-26-27-20;/h4-10,13,15H,3,11-12,14H2,1-2H3,(H2,22,23,24)(H,25,26,27);1H. The minimum atomic E-state index is 0. The number of aromatic amines is 1. The Balaban J connectivity index is 0.00000300. The first-order valence-corrected chi connectivity index (χ1v) is 9.41. The van der Waals surface area contributed by atoms with Gasteiger partial charge in [-0.2, -0.15) is 5.10 Å². The second kappa shape index (κ2) is 12.1. The molecule has 0 spiro atoms. The van der Waals surface area contributed by atoms with E-state index in [4.69, 9.17) is 4.74 Å². The lowest BCUT2D eigenvalue weighted by molar-refractivity contribution is 0.322. The number of guanidine groups is 1. The molecule has 0 amide bonds. The van der Waals surface area contributed by atoms with Gasteiger partial charge in [0.25, 0.3) is 0 Å². The third kappa shape index (κ3) is 7.37. The van der Waals surface area contributed by atoms with E-state index >= 15 is 0 Å². The van der Waals surface area contributed by atoms with Gasteiger partial charge in [0.05, 0.1) is 13.1 Å². The maximum atomic E-state index is 5.75. The topological polar surface area (TPSA) is 87.2 Å². The van der Waals surface area contributed by atoms with Crippen LogP contribution in [-0.4, -0.2) is 40.8 Å². The third-order valence-corrected chi connectivity index (χ3v) is 4.06. The van der Waals surface area contributed by atoms with Crippen LogP contribution in [0.1, 0.15) is 18.1 Å². The average molecular weight is 506 g/mol. The first kappa shape index (κ1) is 22.7. The van der Waals surface area contributed by atoms with Gasteiger partial charge in [-0.15, -0.1) is 24.0 Å². The summed E-state index contributed by atoms with van der Waals surface area (Å²) < 4.78 is 5.75. The van der Waals surface area contributed by atoms with E-state index in [1.54, 1.807) is 0 Å². The van der Waals surface area contributed by atoms with Crippen molar-refractivity contribution in [1.82, 2.24) is 25.8 Å². The molecule has 8 heteroatoms. The Morgan fingerprint density at radius 1 is 1.14 bits per heavy atom. The van der Waals surface area contributed by atoms with Gasteiger partial charge in [0.1, 0.15) is 18.7 Å². The van der Waals surface area contributed by atoms with Gasteiger partial charge in [0.2, 0.25) is 0 Å². The van der Waals surface area contributed by atoms with E-state index in [1.807, 2.05) is 49.4 Å². The first-order valence-electron chi connectivity index (χ1n) is 9.41. The smallest absolute Gasteiger partial charge is 0.191 e. The van der Waals surface area contributed by atoms with Gasteiger partial charge in [-0.05, 0) is 37.6 Å². The summed E-state index contributed by atoms with van der Waals surface area (Å²) in [5.74, 6) is 2.39. The van der Waals surface area contributed by atoms with E-state index in [-0.39, 0.29) is 24.0 Å². The molecule has 7 nitrogen and oxygen atoms in total. The van der Waals surface area contributed by atoms with Crippen molar-refractivity contribution in [3.63, 3.8) is 0 Å². The molecule has 0 fully saturated rings. The molecule has 1 aromatic heterocycles. The Morgan fingerprint density at radius 3 is 2.69 bits per heavy atom. The van der Waals surface area contributed by atoms with Gasteiger partial charge in [-0.25, -0.2) is 9.98 Å². The van der Waals surface area contributed by atoms with Crippen molar-refractivity contribution in [3.05, 3.63) is 66.0 Å². The van der Waals surface area contributed by atoms with Crippen molar-refractivity contribution in [2.45, 2.75) is 20.4 Å². The van der Waals surface area contributed by atoms with Crippen LogP contribution in [0.4, 0.5) is 0 Å². The molecule has 3 rings (SSSR count). The van der Waals surface area contributed by atoms with Gasteiger partial charge < -0.3 is 15.4 Å². The summed E-state index contributed by atoms with van der Waals surface area (Å²) in [5, 5.41) is 13.3. The van der Waals surface area contributed by atoms with Gasteiger partial charge in [0, 0.05) is 12.1 Å². The second-order valence-corrected chi connectivity index (χ2v) is 6.32. The predicted octanol–water partition coefficient (Wildman–Crippen LogP) is 3.53. The van der Waals surface area contributed by atoms with Gasteiger partial charge in [-0.3, -0.25) is 5.10 Å². The lowest BCUT2D eigenvalue weighted by Crippen LogP contribution is -2.39. The summed E-state index contributed by atoms with van der Waals surface area (Å²) >= 11 is 0. The van der Waals surface area contributed by atoms with Crippen LogP contribution in [0.3, 0.4) is 0 Å². The van der Waals surface area contributed by atoms with Crippen molar-refractivity contribution in [2.75, 3.05) is 19.7 Å². The number of nitrogens with zero attached hydrogens (tertiary/aromatic N) is 3. The fraction of sp³-hybridized carbons (Fsp3) is 0.286. The highest BCUT2D eigenvalue weighted by atomic mass is 127. The summed E-state index contributed by atoms with van der Waals surface area (Å²) in [5.41, 5.74) is 3.32. The number of aliphatic imine (C=N–C) groups is 1. The number of hydrogen-bond acceptors (Lipinski definition) is 4. The molecule has 0 aliphatic rings. The van der Waals surface area contributed by atoms with Crippen LogP contribution in [0, 0.1) is 6.92 Å². The molecule has 3 N–H and O–H groups in total. The van der Waals surface area contributed by atoms with E-state index in [1.165, 1.54) is 11.9 Å². The van der Waals surface area contributed by atoms with Gasteiger partial charge >= 0.3 is 0 Å². The maximum Gasteiger partial charge on any atom is 0.191 e. The molecule has 154 valence electrons. The zero-order valence-corrected chi connectivity index (χ0v) is 19.0. The minimum Gasteiger partial charge on any atom is -0.492 e. The summed E-state index contributed by atoms with van der Waals surface area (Å²) in [6.07, 6.45) is 1.51. The molecule has 1 heterocycles. The molecule has 29 heavy (non-hydrogen) atoms. The number of ether oxygens (including phenoxy) is 1. The largest absolute Gasteiger partial charge is 0.492 e. The zero-order chi connectivity index (χ0) is 19.6. The second-order valence-electron chi connectivity index (χ2n) is 6.32. The highest BCUT2D eigenvalue weighted by Crippen LogP contribution is 2.16. The molecule has 0 saturated carbocycles. The van der Waals surface area contributed by atoms with Crippen LogP contribution < -0.4 is 15.4 Å². The molecule has 3 aromatic rings. The molecule has 0 unspecified atom stereocenters. The van der Waals surface area contributed by atoms with Crippen LogP contribution >= 0.6 is 24.0 Å². The molecule has 0 atom stereocenters. The van der Waals surface area contributed by atoms with Gasteiger partial charge in [0.15, 0.2) is 11.8 Å². The number of rotatable bonds is 8. The number of H-pyrrole nitrogens is 1. The highest BCUT2D eigenvalue weighted by molar-refractivity contribution is 14.0. The molecule has 0 aliphatic carbocycles. The maximum absolute atomic E-state index is 5.75. The number of aryl methyl sites for hydroxylation is 1. The highest BCUT2D eigenvalue weighted by Gasteiger charge is 2.03. The van der Waals surface area contributed by atoms with E-state index in [0.717, 1.165) is 35.2 Å². The first-order chi connectivity index (χ1) is 13.7. The number of benzene rings is 2. The average Bonchev–Trinajstić information content (AvgIpc) is 3.26. The SMILES string of the molecule is CCNC(=NCc1cccc(-c2ncn[nH]2)c1)NCCOc1ccc(C)cc1.I. The lowest BCUT2D eigenvalue weighted by atomic mass is 10.1. The Hall–Kier alpha value is -2.62. The van der Waals surface area contributed by atoms with Crippen molar-refractivity contribution in [1.29, 1.82) is 0 Å². The summed E-state index contributed by atoms with van der Waals surface area (Å²) in [7, 11) is 0. The quantitative estimate of drug-likeness (QED) is 0.188. The molecule has 0 radical (unpaired) electrons. The van der Waals surface area contributed by atoms with Crippen molar-refractivity contribution in [3.8, 4) is 17.1 Å². The van der Waals surface area contributed by atoms with Crippen LogP contribution in [-0.2, 0) is 6.54 Å². The fourth-order valence-corrected chi connectivity index (χ4v) is 2.65. The normalized spacial score (nSPS) is 10.9. The summed E-state index contributed by atoms with van der Waals surface area (Å²) in [4.78, 5) is 8.85. The van der Waals surface area contributed by atoms with E-state index < -0.39 is 0 Å². The third-order valence-electron chi connectivity index (χ3n) is 4.06.